The summed E-state index contributed by atoms with van der Waals surface area (Å²) in [7, 11) is 1.81. The fraction of sp³-hybridized carbons (Fsp3) is 0.182. The van der Waals surface area contributed by atoms with E-state index in [1.807, 2.05) is 44.3 Å². The number of hydrogen-bond acceptors (Lipinski definition) is 2. The van der Waals surface area contributed by atoms with Crippen LogP contribution < -0.4 is 5.32 Å². The Hall–Kier alpha value is -1.75. The first-order valence-corrected chi connectivity index (χ1v) is 4.12. The van der Waals surface area contributed by atoms with Crippen LogP contribution in [0, 0.1) is 18.3 Å². The highest BCUT2D eigenvalue weighted by Crippen LogP contribution is 2.12. The van der Waals surface area contributed by atoms with E-state index in [0.29, 0.717) is 0 Å². The normalized spacial score (nSPS) is 10.7. The monoisotopic (exact) mass is 172 g/mol. The van der Waals surface area contributed by atoms with Gasteiger partial charge in [-0.15, -0.1) is 0 Å². The van der Waals surface area contributed by atoms with Crippen LogP contribution in [0.4, 0.5) is 0 Å². The van der Waals surface area contributed by atoms with Gasteiger partial charge in [0.15, 0.2) is 0 Å². The lowest BCUT2D eigenvalue weighted by Gasteiger charge is -2.05. The Morgan fingerprint density at radius 3 is 2.85 bits per heavy atom. The second-order valence-corrected chi connectivity index (χ2v) is 2.81. The van der Waals surface area contributed by atoms with E-state index >= 15 is 0 Å². The highest BCUT2D eigenvalue weighted by molar-refractivity contribution is 5.66. The molecule has 0 aliphatic rings. The maximum atomic E-state index is 8.53. The number of hydrogen-bond donors (Lipinski definition) is 1. The zero-order chi connectivity index (χ0) is 9.68. The third-order valence-electron chi connectivity index (χ3n) is 1.81. The Bertz CT molecular complexity index is 359. The van der Waals surface area contributed by atoms with Gasteiger partial charge in [-0.2, -0.15) is 5.26 Å². The fourth-order valence-electron chi connectivity index (χ4n) is 1.18. The van der Waals surface area contributed by atoms with Crippen molar-refractivity contribution in [3.63, 3.8) is 0 Å². The Morgan fingerprint density at radius 2 is 2.31 bits per heavy atom. The zero-order valence-electron chi connectivity index (χ0n) is 7.83. The molecule has 0 fully saturated rings. The number of nitriles is 1. The lowest BCUT2D eigenvalue weighted by molar-refractivity contribution is 1.12. The predicted molar refractivity (Wildman–Crippen MR) is 53.8 cm³/mol. The molecule has 0 bridgehead atoms. The zero-order valence-corrected chi connectivity index (χ0v) is 7.83. The summed E-state index contributed by atoms with van der Waals surface area (Å²) in [5.41, 5.74) is 3.09. The van der Waals surface area contributed by atoms with Crippen LogP contribution in [0.5, 0.6) is 0 Å². The number of nitrogens with one attached hydrogen (secondary N) is 1. The van der Waals surface area contributed by atoms with Gasteiger partial charge >= 0.3 is 0 Å². The SMILES string of the molecule is CN/C(=C\C#N)c1cccc(C)c1. The molecule has 0 unspecified atom stereocenters. The molecule has 0 aromatic heterocycles. The Labute approximate surface area is 78.5 Å². The topological polar surface area (TPSA) is 35.8 Å². The highest BCUT2D eigenvalue weighted by Gasteiger charge is 1.97. The third kappa shape index (κ3) is 2.34. The molecule has 66 valence electrons. The minimum absolute atomic E-state index is 0.853. The van der Waals surface area contributed by atoms with Crippen LogP contribution in [0.25, 0.3) is 5.70 Å². The lowest BCUT2D eigenvalue weighted by atomic mass is 10.1. The molecule has 1 aromatic rings. The van der Waals surface area contributed by atoms with E-state index < -0.39 is 0 Å². The molecular formula is C11H12N2. The lowest BCUT2D eigenvalue weighted by Crippen LogP contribution is -2.04. The van der Waals surface area contributed by atoms with Crippen molar-refractivity contribution in [1.29, 1.82) is 5.26 Å². The molecule has 0 amide bonds. The molecule has 0 heterocycles. The molecule has 0 atom stereocenters. The number of nitrogens with zero attached hydrogens (tertiary/aromatic N) is 1. The molecule has 0 aliphatic heterocycles. The van der Waals surface area contributed by atoms with Gasteiger partial charge in [0.05, 0.1) is 11.8 Å². The minimum atomic E-state index is 0.853. The average molecular weight is 172 g/mol. The molecule has 1 N–H and O–H groups in total. The summed E-state index contributed by atoms with van der Waals surface area (Å²) in [6, 6.07) is 10.0. The molecule has 1 aromatic carbocycles. The highest BCUT2D eigenvalue weighted by atomic mass is 14.8. The third-order valence-corrected chi connectivity index (χ3v) is 1.81. The van der Waals surface area contributed by atoms with E-state index in [0.717, 1.165) is 11.3 Å². The summed E-state index contributed by atoms with van der Waals surface area (Å²) in [5.74, 6) is 0. The van der Waals surface area contributed by atoms with Crippen LogP contribution in [-0.4, -0.2) is 7.05 Å². The quantitative estimate of drug-likeness (QED) is 0.693. The Morgan fingerprint density at radius 1 is 1.54 bits per heavy atom. The molecule has 2 heteroatoms. The molecular weight excluding hydrogens is 160 g/mol. The molecule has 0 saturated carbocycles. The van der Waals surface area contributed by atoms with Crippen molar-refractivity contribution in [3.05, 3.63) is 41.5 Å². The van der Waals surface area contributed by atoms with Gasteiger partial charge in [0, 0.05) is 13.1 Å². The van der Waals surface area contributed by atoms with Crippen molar-refractivity contribution in [2.75, 3.05) is 7.05 Å². The number of benzene rings is 1. The molecule has 13 heavy (non-hydrogen) atoms. The van der Waals surface area contributed by atoms with E-state index in [9.17, 15) is 0 Å². The van der Waals surface area contributed by atoms with E-state index in [4.69, 9.17) is 5.26 Å². The first-order valence-electron chi connectivity index (χ1n) is 4.12. The van der Waals surface area contributed by atoms with Crippen LogP contribution in [0.2, 0.25) is 0 Å². The summed E-state index contributed by atoms with van der Waals surface area (Å²) in [6.45, 7) is 2.03. The summed E-state index contributed by atoms with van der Waals surface area (Å²) in [5, 5.41) is 11.5. The van der Waals surface area contributed by atoms with Crippen LogP contribution in [0.3, 0.4) is 0 Å². The summed E-state index contributed by atoms with van der Waals surface area (Å²) in [4.78, 5) is 0. The van der Waals surface area contributed by atoms with Crippen molar-refractivity contribution in [3.8, 4) is 6.07 Å². The molecule has 0 spiro atoms. The number of allylic oxidation sites excluding steroid dienone is 1. The van der Waals surface area contributed by atoms with Gasteiger partial charge in [0.25, 0.3) is 0 Å². The van der Waals surface area contributed by atoms with Crippen molar-refractivity contribution in [1.82, 2.24) is 5.32 Å². The number of aryl methyl sites for hydroxylation is 1. The Kier molecular flexibility index (Phi) is 3.10. The van der Waals surface area contributed by atoms with Crippen LogP contribution in [0.15, 0.2) is 30.3 Å². The first-order chi connectivity index (χ1) is 6.27. The smallest absolute Gasteiger partial charge is 0.0933 e. The van der Waals surface area contributed by atoms with Crippen LogP contribution in [0.1, 0.15) is 11.1 Å². The molecule has 0 aliphatic carbocycles. The van der Waals surface area contributed by atoms with Crippen LogP contribution >= 0.6 is 0 Å². The second kappa shape index (κ2) is 4.32. The summed E-state index contributed by atoms with van der Waals surface area (Å²) >= 11 is 0. The van der Waals surface area contributed by atoms with Gasteiger partial charge < -0.3 is 5.32 Å². The first kappa shape index (κ1) is 9.34. The molecule has 0 radical (unpaired) electrons. The second-order valence-electron chi connectivity index (χ2n) is 2.81. The average Bonchev–Trinajstić information content (AvgIpc) is 2.14. The summed E-state index contributed by atoms with van der Waals surface area (Å²) < 4.78 is 0. The summed E-state index contributed by atoms with van der Waals surface area (Å²) in [6.07, 6.45) is 1.51. The van der Waals surface area contributed by atoms with Gasteiger partial charge in [0.1, 0.15) is 0 Å². The Balaban J connectivity index is 3.07. The van der Waals surface area contributed by atoms with Gasteiger partial charge in [0.2, 0.25) is 0 Å². The van der Waals surface area contributed by atoms with E-state index in [-0.39, 0.29) is 0 Å². The molecule has 1 rings (SSSR count). The van der Waals surface area contributed by atoms with Gasteiger partial charge in [-0.25, -0.2) is 0 Å². The van der Waals surface area contributed by atoms with Gasteiger partial charge in [-0.05, 0) is 18.6 Å². The maximum absolute atomic E-state index is 8.53. The minimum Gasteiger partial charge on any atom is -0.387 e. The molecule has 0 saturated heterocycles. The fourth-order valence-corrected chi connectivity index (χ4v) is 1.18. The van der Waals surface area contributed by atoms with E-state index in [2.05, 4.69) is 5.32 Å². The van der Waals surface area contributed by atoms with E-state index in [1.165, 1.54) is 11.6 Å². The van der Waals surface area contributed by atoms with Crippen molar-refractivity contribution < 1.29 is 0 Å². The van der Waals surface area contributed by atoms with Gasteiger partial charge in [-0.3, -0.25) is 0 Å². The van der Waals surface area contributed by atoms with E-state index in [1.54, 1.807) is 0 Å². The molecule has 2 nitrogen and oxygen atoms in total. The predicted octanol–water partition coefficient (Wildman–Crippen LogP) is 2.08. The maximum Gasteiger partial charge on any atom is 0.0933 e. The van der Waals surface area contributed by atoms with Gasteiger partial charge in [-0.1, -0.05) is 23.8 Å². The number of rotatable bonds is 2. The van der Waals surface area contributed by atoms with Crippen molar-refractivity contribution >= 4 is 5.70 Å². The largest absolute Gasteiger partial charge is 0.387 e. The van der Waals surface area contributed by atoms with Crippen molar-refractivity contribution in [2.45, 2.75) is 6.92 Å². The standard InChI is InChI=1S/C11H12N2/c1-9-4-3-5-10(8-9)11(13-2)6-7-12/h3-6,8,13H,1-2H3/b11-6-. The van der Waals surface area contributed by atoms with Crippen molar-refractivity contribution in [2.24, 2.45) is 0 Å². The van der Waals surface area contributed by atoms with Crippen LogP contribution in [-0.2, 0) is 0 Å².